The molecule has 1 aliphatic rings. The number of ether oxygens (including phenoxy) is 1. The zero-order valence-corrected chi connectivity index (χ0v) is 20.1. The number of aromatic nitrogens is 4. The predicted octanol–water partition coefficient (Wildman–Crippen LogP) is 5.46. The number of nitrogens with one attached hydrogen (secondary N) is 1. The third-order valence-electron chi connectivity index (χ3n) is 6.78. The molecule has 0 spiro atoms. The number of fused-ring (bicyclic) bond motifs is 2. The SMILES string of the molecule is CN1CCC(Oc2cccc3ncnc(N(Cc4cccc(F)c4)c4ccc5[nH]ncc5c4)c23)CC1. The van der Waals surface area contributed by atoms with Gasteiger partial charge in [-0.1, -0.05) is 18.2 Å². The average molecular weight is 483 g/mol. The lowest BCUT2D eigenvalue weighted by Gasteiger charge is -2.30. The van der Waals surface area contributed by atoms with Crippen molar-refractivity contribution in [3.8, 4) is 5.75 Å². The van der Waals surface area contributed by atoms with E-state index in [0.717, 1.165) is 70.6 Å². The summed E-state index contributed by atoms with van der Waals surface area (Å²) >= 11 is 0. The summed E-state index contributed by atoms with van der Waals surface area (Å²) in [4.78, 5) is 13.7. The van der Waals surface area contributed by atoms with Crippen LogP contribution < -0.4 is 9.64 Å². The van der Waals surface area contributed by atoms with Crippen LogP contribution in [0.5, 0.6) is 5.75 Å². The molecule has 182 valence electrons. The highest BCUT2D eigenvalue weighted by molar-refractivity contribution is 5.97. The first-order valence-electron chi connectivity index (χ1n) is 12.2. The molecule has 0 saturated carbocycles. The van der Waals surface area contributed by atoms with E-state index >= 15 is 0 Å². The molecular weight excluding hydrogens is 455 g/mol. The number of benzene rings is 3. The maximum atomic E-state index is 14.1. The Hall–Kier alpha value is -4.04. The van der Waals surface area contributed by atoms with Crippen LogP contribution in [0.1, 0.15) is 18.4 Å². The second kappa shape index (κ2) is 9.54. The van der Waals surface area contributed by atoms with Gasteiger partial charge in [0.1, 0.15) is 29.8 Å². The van der Waals surface area contributed by atoms with E-state index in [0.29, 0.717) is 6.54 Å². The average Bonchev–Trinajstić information content (AvgIpc) is 3.37. The molecule has 6 rings (SSSR count). The number of H-pyrrole nitrogens is 1. The van der Waals surface area contributed by atoms with E-state index < -0.39 is 0 Å². The molecule has 0 atom stereocenters. The lowest BCUT2D eigenvalue weighted by molar-refractivity contribution is 0.116. The number of aromatic amines is 1. The lowest BCUT2D eigenvalue weighted by atomic mass is 10.1. The van der Waals surface area contributed by atoms with E-state index in [1.165, 1.54) is 6.07 Å². The van der Waals surface area contributed by atoms with Gasteiger partial charge in [0.05, 0.1) is 22.6 Å². The highest BCUT2D eigenvalue weighted by Crippen LogP contribution is 2.38. The molecule has 0 unspecified atom stereocenters. The minimum Gasteiger partial charge on any atom is -0.489 e. The Morgan fingerprint density at radius 3 is 2.78 bits per heavy atom. The summed E-state index contributed by atoms with van der Waals surface area (Å²) in [6, 6.07) is 18.7. The van der Waals surface area contributed by atoms with Crippen LogP contribution in [-0.2, 0) is 6.54 Å². The quantitative estimate of drug-likeness (QED) is 0.347. The first-order chi connectivity index (χ1) is 17.6. The summed E-state index contributed by atoms with van der Waals surface area (Å²) in [7, 11) is 2.14. The normalized spacial score (nSPS) is 14.9. The number of halogens is 1. The van der Waals surface area contributed by atoms with E-state index in [2.05, 4.69) is 38.1 Å². The Kier molecular flexibility index (Phi) is 5.95. The third kappa shape index (κ3) is 4.47. The number of anilines is 2. The van der Waals surface area contributed by atoms with Gasteiger partial charge >= 0.3 is 0 Å². The van der Waals surface area contributed by atoms with Crippen LogP contribution in [-0.4, -0.2) is 51.3 Å². The number of nitrogens with zero attached hydrogens (tertiary/aromatic N) is 5. The van der Waals surface area contributed by atoms with Crippen LogP contribution in [0.3, 0.4) is 0 Å². The summed E-state index contributed by atoms with van der Waals surface area (Å²) in [6.45, 7) is 2.44. The van der Waals surface area contributed by atoms with Gasteiger partial charge in [0.25, 0.3) is 0 Å². The zero-order valence-electron chi connectivity index (χ0n) is 20.1. The van der Waals surface area contributed by atoms with Gasteiger partial charge in [-0.3, -0.25) is 5.10 Å². The molecule has 0 bridgehead atoms. The van der Waals surface area contributed by atoms with Crippen molar-refractivity contribution >= 4 is 33.3 Å². The molecule has 0 radical (unpaired) electrons. The van der Waals surface area contributed by atoms with E-state index in [1.807, 2.05) is 36.4 Å². The van der Waals surface area contributed by atoms with Gasteiger partial charge in [0, 0.05) is 30.7 Å². The van der Waals surface area contributed by atoms with Crippen molar-refractivity contribution in [2.75, 3.05) is 25.0 Å². The monoisotopic (exact) mass is 482 g/mol. The first kappa shape index (κ1) is 22.4. The van der Waals surface area contributed by atoms with Gasteiger partial charge in [-0.2, -0.15) is 5.10 Å². The van der Waals surface area contributed by atoms with Gasteiger partial charge in [-0.15, -0.1) is 0 Å². The molecule has 3 aromatic carbocycles. The molecule has 7 nitrogen and oxygen atoms in total. The largest absolute Gasteiger partial charge is 0.489 e. The Bertz CT molecular complexity index is 1510. The Morgan fingerprint density at radius 2 is 1.92 bits per heavy atom. The van der Waals surface area contributed by atoms with E-state index in [4.69, 9.17) is 9.72 Å². The summed E-state index contributed by atoms with van der Waals surface area (Å²) in [5, 5.41) is 9.00. The van der Waals surface area contributed by atoms with E-state index in [1.54, 1.807) is 24.7 Å². The molecule has 2 aromatic heterocycles. The molecule has 1 N–H and O–H groups in total. The molecule has 0 amide bonds. The molecule has 36 heavy (non-hydrogen) atoms. The van der Waals surface area contributed by atoms with Gasteiger partial charge in [0.15, 0.2) is 0 Å². The number of hydrogen-bond acceptors (Lipinski definition) is 6. The molecular formula is C28H27FN6O. The van der Waals surface area contributed by atoms with Gasteiger partial charge in [-0.05, 0) is 67.9 Å². The molecule has 1 fully saturated rings. The summed E-state index contributed by atoms with van der Waals surface area (Å²) in [5.41, 5.74) is 3.51. The van der Waals surface area contributed by atoms with Crippen LogP contribution in [0.25, 0.3) is 21.8 Å². The fourth-order valence-corrected chi connectivity index (χ4v) is 4.85. The highest BCUT2D eigenvalue weighted by atomic mass is 19.1. The Morgan fingerprint density at radius 1 is 1.06 bits per heavy atom. The number of rotatable bonds is 6. The second-order valence-corrected chi connectivity index (χ2v) is 9.33. The molecule has 0 aliphatic carbocycles. The van der Waals surface area contributed by atoms with E-state index in [-0.39, 0.29) is 11.9 Å². The van der Waals surface area contributed by atoms with Crippen molar-refractivity contribution in [1.82, 2.24) is 25.1 Å². The summed E-state index contributed by atoms with van der Waals surface area (Å²) < 4.78 is 20.7. The Labute approximate surface area is 208 Å². The minimum absolute atomic E-state index is 0.138. The van der Waals surface area contributed by atoms with Crippen LogP contribution in [0.15, 0.2) is 73.2 Å². The van der Waals surface area contributed by atoms with Crippen molar-refractivity contribution < 1.29 is 9.13 Å². The molecule has 1 saturated heterocycles. The smallest absolute Gasteiger partial charge is 0.148 e. The van der Waals surface area contributed by atoms with Crippen molar-refractivity contribution in [1.29, 1.82) is 0 Å². The highest BCUT2D eigenvalue weighted by Gasteiger charge is 2.23. The van der Waals surface area contributed by atoms with Gasteiger partial charge in [-0.25, -0.2) is 14.4 Å². The molecule has 8 heteroatoms. The second-order valence-electron chi connectivity index (χ2n) is 9.33. The lowest BCUT2D eigenvalue weighted by Crippen LogP contribution is -2.35. The zero-order chi connectivity index (χ0) is 24.5. The standard InChI is InChI=1S/C28H27FN6O/c1-34-12-10-23(11-13-34)36-26-7-3-6-25-27(26)28(31-18-30-25)35(17-19-4-2-5-21(29)14-19)22-8-9-24-20(15-22)16-32-33-24/h2-9,14-16,18,23H,10-13,17H2,1H3,(H,32,33). The van der Waals surface area contributed by atoms with Gasteiger partial charge < -0.3 is 14.5 Å². The maximum Gasteiger partial charge on any atom is 0.148 e. The summed E-state index contributed by atoms with van der Waals surface area (Å²) in [6.07, 6.45) is 5.46. The van der Waals surface area contributed by atoms with Crippen LogP contribution >= 0.6 is 0 Å². The minimum atomic E-state index is -0.267. The maximum absolute atomic E-state index is 14.1. The Balaban J connectivity index is 1.47. The fraction of sp³-hybridized carbons (Fsp3) is 0.250. The van der Waals surface area contributed by atoms with Crippen molar-refractivity contribution in [3.05, 3.63) is 84.6 Å². The van der Waals surface area contributed by atoms with Crippen LogP contribution in [0.2, 0.25) is 0 Å². The van der Waals surface area contributed by atoms with Crippen LogP contribution in [0.4, 0.5) is 15.9 Å². The number of likely N-dealkylation sites (tertiary alicyclic amines) is 1. The topological polar surface area (TPSA) is 70.2 Å². The number of piperidine rings is 1. The fourth-order valence-electron chi connectivity index (χ4n) is 4.85. The molecule has 5 aromatic rings. The van der Waals surface area contributed by atoms with Crippen molar-refractivity contribution in [2.45, 2.75) is 25.5 Å². The first-order valence-corrected chi connectivity index (χ1v) is 12.2. The summed E-state index contributed by atoms with van der Waals surface area (Å²) in [5.74, 6) is 1.22. The van der Waals surface area contributed by atoms with Crippen LogP contribution in [0, 0.1) is 5.82 Å². The number of hydrogen-bond donors (Lipinski definition) is 1. The van der Waals surface area contributed by atoms with E-state index in [9.17, 15) is 4.39 Å². The molecule has 3 heterocycles. The molecule has 1 aliphatic heterocycles. The predicted molar refractivity (Wildman–Crippen MR) is 139 cm³/mol. The van der Waals surface area contributed by atoms with Crippen molar-refractivity contribution in [2.24, 2.45) is 0 Å². The third-order valence-corrected chi connectivity index (χ3v) is 6.78. The van der Waals surface area contributed by atoms with Crippen molar-refractivity contribution in [3.63, 3.8) is 0 Å². The van der Waals surface area contributed by atoms with Gasteiger partial charge in [0.2, 0.25) is 0 Å².